The number of aryl methyl sites for hydroxylation is 1. The van der Waals surface area contributed by atoms with Crippen LogP contribution in [-0.2, 0) is 17.6 Å². The number of hydrogen-bond acceptors (Lipinski definition) is 3. The predicted octanol–water partition coefficient (Wildman–Crippen LogP) is 3.46. The number of halogens is 1. The normalized spacial score (nSPS) is 10.5. The van der Waals surface area contributed by atoms with E-state index in [1.54, 1.807) is 6.07 Å². The molecule has 0 aliphatic heterocycles. The highest BCUT2D eigenvalue weighted by molar-refractivity contribution is 7.09. The van der Waals surface area contributed by atoms with Crippen molar-refractivity contribution < 1.29 is 4.79 Å². The third kappa shape index (κ3) is 3.65. The van der Waals surface area contributed by atoms with Crippen molar-refractivity contribution in [1.29, 1.82) is 0 Å². The Morgan fingerprint density at radius 1 is 1.41 bits per heavy atom. The van der Waals surface area contributed by atoms with E-state index in [1.165, 1.54) is 11.3 Å². The van der Waals surface area contributed by atoms with Crippen molar-refractivity contribution in [3.8, 4) is 0 Å². The van der Waals surface area contributed by atoms with E-state index >= 15 is 0 Å². The molecule has 0 radical (unpaired) electrons. The van der Waals surface area contributed by atoms with Gasteiger partial charge in [0.1, 0.15) is 10.8 Å². The number of aromatic nitrogens is 1. The molecular weight excluding hydrogens is 254 g/mol. The van der Waals surface area contributed by atoms with Gasteiger partial charge in [-0.05, 0) is 24.6 Å². The second kappa shape index (κ2) is 5.43. The number of carbonyl (C=O) groups is 1. The van der Waals surface area contributed by atoms with Crippen LogP contribution in [0.15, 0.2) is 29.6 Å². The fraction of sp³-hybridized carbons (Fsp3) is 0.231. The largest absolute Gasteiger partial charge is 0.299 e. The first-order chi connectivity index (χ1) is 8.13. The molecule has 2 nitrogen and oxygen atoms in total. The fourth-order valence-corrected chi connectivity index (χ4v) is 2.60. The van der Waals surface area contributed by atoms with Gasteiger partial charge in [0, 0.05) is 22.5 Å². The minimum atomic E-state index is 0.168. The molecule has 0 aliphatic carbocycles. The van der Waals surface area contributed by atoms with E-state index in [1.807, 2.05) is 30.5 Å². The molecule has 0 spiro atoms. The summed E-state index contributed by atoms with van der Waals surface area (Å²) in [5.41, 5.74) is 1.93. The van der Waals surface area contributed by atoms with E-state index in [4.69, 9.17) is 11.6 Å². The molecule has 1 aromatic carbocycles. The zero-order valence-corrected chi connectivity index (χ0v) is 11.0. The van der Waals surface area contributed by atoms with Crippen molar-refractivity contribution >= 4 is 28.7 Å². The van der Waals surface area contributed by atoms with Gasteiger partial charge in [-0.15, -0.1) is 11.3 Å². The van der Waals surface area contributed by atoms with Crippen molar-refractivity contribution in [2.24, 2.45) is 0 Å². The highest BCUT2D eigenvalue weighted by atomic mass is 35.5. The molecular formula is C13H12ClNOS. The number of nitrogens with zero attached hydrogens (tertiary/aromatic N) is 1. The molecule has 17 heavy (non-hydrogen) atoms. The standard InChI is InChI=1S/C13H12ClNOS/c1-9-8-17-13(15-9)7-12(16)6-10-3-2-4-11(14)5-10/h2-5,8H,6-7H2,1H3. The summed E-state index contributed by atoms with van der Waals surface area (Å²) in [5, 5.41) is 3.51. The average Bonchev–Trinajstić information content (AvgIpc) is 2.63. The Bertz CT molecular complexity index is 536. The van der Waals surface area contributed by atoms with E-state index in [2.05, 4.69) is 4.98 Å². The van der Waals surface area contributed by atoms with Crippen LogP contribution >= 0.6 is 22.9 Å². The number of hydrogen-bond donors (Lipinski definition) is 0. The van der Waals surface area contributed by atoms with Gasteiger partial charge >= 0.3 is 0 Å². The van der Waals surface area contributed by atoms with Crippen LogP contribution in [0.3, 0.4) is 0 Å². The molecule has 1 aromatic heterocycles. The fourth-order valence-electron chi connectivity index (χ4n) is 1.59. The molecule has 0 bridgehead atoms. The lowest BCUT2D eigenvalue weighted by Gasteiger charge is -2.00. The summed E-state index contributed by atoms with van der Waals surface area (Å²) in [4.78, 5) is 16.1. The molecule has 0 unspecified atom stereocenters. The van der Waals surface area contributed by atoms with Gasteiger partial charge in [-0.2, -0.15) is 0 Å². The topological polar surface area (TPSA) is 30.0 Å². The smallest absolute Gasteiger partial charge is 0.144 e. The number of Topliss-reactive ketones (excluding diaryl/α,β-unsaturated/α-hetero) is 1. The Morgan fingerprint density at radius 2 is 2.24 bits per heavy atom. The monoisotopic (exact) mass is 265 g/mol. The van der Waals surface area contributed by atoms with Gasteiger partial charge in [0.25, 0.3) is 0 Å². The molecule has 2 rings (SSSR count). The Morgan fingerprint density at radius 3 is 2.88 bits per heavy atom. The zero-order valence-electron chi connectivity index (χ0n) is 9.44. The summed E-state index contributed by atoms with van der Waals surface area (Å²) >= 11 is 7.40. The molecule has 2 aromatic rings. The Hall–Kier alpha value is -1.19. The lowest BCUT2D eigenvalue weighted by Crippen LogP contribution is -2.06. The Balaban J connectivity index is 1.98. The minimum absolute atomic E-state index is 0.168. The molecule has 0 fully saturated rings. The van der Waals surface area contributed by atoms with Crippen molar-refractivity contribution in [3.63, 3.8) is 0 Å². The van der Waals surface area contributed by atoms with Gasteiger partial charge in [-0.3, -0.25) is 4.79 Å². The lowest BCUT2D eigenvalue weighted by molar-refractivity contribution is -0.117. The van der Waals surface area contributed by atoms with Crippen molar-refractivity contribution in [3.05, 3.63) is 50.9 Å². The van der Waals surface area contributed by atoms with Crippen LogP contribution in [0.1, 0.15) is 16.3 Å². The van der Waals surface area contributed by atoms with Crippen LogP contribution in [-0.4, -0.2) is 10.8 Å². The third-order valence-corrected chi connectivity index (χ3v) is 3.51. The van der Waals surface area contributed by atoms with Crippen LogP contribution < -0.4 is 0 Å². The Kier molecular flexibility index (Phi) is 3.92. The van der Waals surface area contributed by atoms with Gasteiger partial charge in [-0.25, -0.2) is 4.98 Å². The molecule has 1 heterocycles. The zero-order chi connectivity index (χ0) is 12.3. The third-order valence-electron chi connectivity index (χ3n) is 2.31. The van der Waals surface area contributed by atoms with Crippen LogP contribution in [0.4, 0.5) is 0 Å². The maximum atomic E-state index is 11.8. The number of rotatable bonds is 4. The molecule has 0 N–H and O–H groups in total. The number of carbonyl (C=O) groups excluding carboxylic acids is 1. The van der Waals surface area contributed by atoms with E-state index in [9.17, 15) is 4.79 Å². The number of thiazole rings is 1. The SMILES string of the molecule is Cc1csc(CC(=O)Cc2cccc(Cl)c2)n1. The number of ketones is 1. The molecule has 0 saturated carbocycles. The molecule has 0 atom stereocenters. The van der Waals surface area contributed by atoms with Crippen LogP contribution in [0.2, 0.25) is 5.02 Å². The van der Waals surface area contributed by atoms with Gasteiger partial charge < -0.3 is 0 Å². The highest BCUT2D eigenvalue weighted by Gasteiger charge is 2.08. The van der Waals surface area contributed by atoms with Crippen molar-refractivity contribution in [2.75, 3.05) is 0 Å². The van der Waals surface area contributed by atoms with Crippen LogP contribution in [0, 0.1) is 6.92 Å². The lowest BCUT2D eigenvalue weighted by atomic mass is 10.1. The first-order valence-corrected chi connectivity index (χ1v) is 6.56. The summed E-state index contributed by atoms with van der Waals surface area (Å²) in [7, 11) is 0. The minimum Gasteiger partial charge on any atom is -0.299 e. The van der Waals surface area contributed by atoms with E-state index in [0.717, 1.165) is 16.3 Å². The van der Waals surface area contributed by atoms with Crippen LogP contribution in [0.25, 0.3) is 0 Å². The van der Waals surface area contributed by atoms with E-state index < -0.39 is 0 Å². The van der Waals surface area contributed by atoms with Crippen molar-refractivity contribution in [1.82, 2.24) is 4.98 Å². The molecule has 0 amide bonds. The molecule has 0 saturated heterocycles. The first-order valence-electron chi connectivity index (χ1n) is 5.30. The number of benzene rings is 1. The maximum Gasteiger partial charge on any atom is 0.144 e. The molecule has 88 valence electrons. The summed E-state index contributed by atoms with van der Waals surface area (Å²) < 4.78 is 0. The van der Waals surface area contributed by atoms with Gasteiger partial charge in [0.15, 0.2) is 0 Å². The van der Waals surface area contributed by atoms with Crippen LogP contribution in [0.5, 0.6) is 0 Å². The quantitative estimate of drug-likeness (QED) is 0.847. The van der Waals surface area contributed by atoms with E-state index in [0.29, 0.717) is 17.9 Å². The van der Waals surface area contributed by atoms with Crippen molar-refractivity contribution in [2.45, 2.75) is 19.8 Å². The van der Waals surface area contributed by atoms with E-state index in [-0.39, 0.29) is 5.78 Å². The average molecular weight is 266 g/mol. The Labute approximate surface area is 109 Å². The summed E-state index contributed by atoms with van der Waals surface area (Å²) in [6.07, 6.45) is 0.824. The van der Waals surface area contributed by atoms with Gasteiger partial charge in [0.2, 0.25) is 0 Å². The van der Waals surface area contributed by atoms with Gasteiger partial charge in [-0.1, -0.05) is 23.7 Å². The predicted molar refractivity (Wildman–Crippen MR) is 70.7 cm³/mol. The second-order valence-corrected chi connectivity index (χ2v) is 5.28. The molecule has 0 aliphatic rings. The second-order valence-electron chi connectivity index (χ2n) is 3.90. The summed E-state index contributed by atoms with van der Waals surface area (Å²) in [6.45, 7) is 1.93. The summed E-state index contributed by atoms with van der Waals surface area (Å²) in [6, 6.07) is 7.40. The maximum absolute atomic E-state index is 11.8. The highest BCUT2D eigenvalue weighted by Crippen LogP contribution is 2.14. The van der Waals surface area contributed by atoms with Gasteiger partial charge in [0.05, 0.1) is 6.42 Å². The first kappa shape index (κ1) is 12.3. The molecule has 4 heteroatoms. The summed E-state index contributed by atoms with van der Waals surface area (Å²) in [5.74, 6) is 0.168.